The Hall–Kier alpha value is -2.59. The summed E-state index contributed by atoms with van der Waals surface area (Å²) in [7, 11) is 3.61. The summed E-state index contributed by atoms with van der Waals surface area (Å²) < 4.78 is 38.7. The fourth-order valence-electron chi connectivity index (χ4n) is 2.29. The molecule has 1 aromatic heterocycles. The Morgan fingerprint density at radius 1 is 1.25 bits per heavy atom. The summed E-state index contributed by atoms with van der Waals surface area (Å²) in [5.74, 6) is 0.563. The summed E-state index contributed by atoms with van der Waals surface area (Å²) in [6, 6.07) is 10.3. The summed E-state index contributed by atoms with van der Waals surface area (Å²) in [6.45, 7) is 0.382. The summed E-state index contributed by atoms with van der Waals surface area (Å²) >= 11 is 0. The average molecular weight is 334 g/mol. The molecule has 0 bridgehead atoms. The lowest BCUT2D eigenvalue weighted by Gasteiger charge is -2.26. The van der Waals surface area contributed by atoms with Gasteiger partial charge in [0, 0.05) is 12.7 Å². The first-order valence-electron chi connectivity index (χ1n) is 7.25. The molecule has 0 saturated carbocycles. The number of nitrogens with one attached hydrogen (secondary N) is 1. The molecule has 126 valence electrons. The van der Waals surface area contributed by atoms with Crippen molar-refractivity contribution in [1.29, 1.82) is 5.26 Å². The average Bonchev–Trinajstić information content (AvgIpc) is 2.55. The maximum atomic E-state index is 12.9. The number of hydrogen-bond donors (Lipinski definition) is 1. The Morgan fingerprint density at radius 3 is 2.54 bits per heavy atom. The molecule has 4 nitrogen and oxygen atoms in total. The van der Waals surface area contributed by atoms with Crippen LogP contribution in [0.15, 0.2) is 42.6 Å². The SMILES string of the molecule is CN(C)C(CNc1ccc(C#N)cn1)c1cccc(C(F)(F)F)c1. The van der Waals surface area contributed by atoms with Crippen molar-refractivity contribution in [1.82, 2.24) is 9.88 Å². The number of hydrogen-bond acceptors (Lipinski definition) is 4. The van der Waals surface area contributed by atoms with E-state index in [1.807, 2.05) is 11.0 Å². The van der Waals surface area contributed by atoms with E-state index in [0.29, 0.717) is 23.5 Å². The monoisotopic (exact) mass is 334 g/mol. The lowest BCUT2D eigenvalue weighted by atomic mass is 10.0. The minimum atomic E-state index is -4.37. The van der Waals surface area contributed by atoms with Crippen molar-refractivity contribution in [2.75, 3.05) is 26.0 Å². The van der Waals surface area contributed by atoms with Crippen molar-refractivity contribution in [3.63, 3.8) is 0 Å². The number of alkyl halides is 3. The van der Waals surface area contributed by atoms with E-state index >= 15 is 0 Å². The summed E-state index contributed by atoms with van der Waals surface area (Å²) in [6.07, 6.45) is -2.92. The first-order chi connectivity index (χ1) is 11.3. The number of benzene rings is 1. The molecule has 1 heterocycles. The first-order valence-corrected chi connectivity index (χ1v) is 7.25. The van der Waals surface area contributed by atoms with E-state index in [4.69, 9.17) is 5.26 Å². The van der Waals surface area contributed by atoms with E-state index < -0.39 is 11.7 Å². The molecule has 0 fully saturated rings. The van der Waals surface area contributed by atoms with Crippen LogP contribution in [0.3, 0.4) is 0 Å². The number of rotatable bonds is 5. The Kier molecular flexibility index (Phi) is 5.42. The maximum Gasteiger partial charge on any atom is 0.416 e. The zero-order valence-electron chi connectivity index (χ0n) is 13.3. The molecule has 1 N–H and O–H groups in total. The largest absolute Gasteiger partial charge is 0.416 e. The molecule has 2 aromatic rings. The maximum absolute atomic E-state index is 12.9. The lowest BCUT2D eigenvalue weighted by Crippen LogP contribution is -2.27. The zero-order valence-corrected chi connectivity index (χ0v) is 13.3. The number of likely N-dealkylation sites (N-methyl/N-ethyl adjacent to an activating group) is 1. The van der Waals surface area contributed by atoms with Crippen LogP contribution in [0.4, 0.5) is 19.0 Å². The fraction of sp³-hybridized carbons (Fsp3) is 0.294. The summed E-state index contributed by atoms with van der Waals surface area (Å²) in [4.78, 5) is 5.94. The lowest BCUT2D eigenvalue weighted by molar-refractivity contribution is -0.137. The predicted molar refractivity (Wildman–Crippen MR) is 85.3 cm³/mol. The third-order valence-electron chi connectivity index (χ3n) is 3.59. The number of nitriles is 1. The standard InChI is InChI=1S/C17H17F3N4/c1-24(2)15(11-23-16-7-6-12(9-21)10-22-16)13-4-3-5-14(8-13)17(18,19)20/h3-8,10,15H,11H2,1-2H3,(H,22,23). The van der Waals surface area contributed by atoms with E-state index in [0.717, 1.165) is 6.07 Å². The van der Waals surface area contributed by atoms with Crippen LogP contribution >= 0.6 is 0 Å². The number of anilines is 1. The normalized spacial score (nSPS) is 12.7. The van der Waals surface area contributed by atoms with Gasteiger partial charge in [0.15, 0.2) is 0 Å². The van der Waals surface area contributed by atoms with Crippen molar-refractivity contribution in [3.05, 3.63) is 59.3 Å². The van der Waals surface area contributed by atoms with Crippen molar-refractivity contribution in [2.24, 2.45) is 0 Å². The molecule has 1 unspecified atom stereocenters. The molecular formula is C17H17F3N4. The van der Waals surface area contributed by atoms with Crippen LogP contribution < -0.4 is 5.32 Å². The van der Waals surface area contributed by atoms with Crippen LogP contribution in [0.5, 0.6) is 0 Å². The van der Waals surface area contributed by atoms with Gasteiger partial charge in [-0.15, -0.1) is 0 Å². The van der Waals surface area contributed by atoms with Crippen LogP contribution in [0, 0.1) is 11.3 Å². The molecule has 0 aliphatic rings. The Bertz CT molecular complexity index is 718. The second kappa shape index (κ2) is 7.32. The highest BCUT2D eigenvalue weighted by atomic mass is 19.4. The highest BCUT2D eigenvalue weighted by molar-refractivity contribution is 5.39. The molecule has 2 rings (SSSR count). The highest BCUT2D eigenvalue weighted by Gasteiger charge is 2.31. The molecule has 0 amide bonds. The number of aromatic nitrogens is 1. The Balaban J connectivity index is 2.16. The van der Waals surface area contributed by atoms with Crippen molar-refractivity contribution in [3.8, 4) is 6.07 Å². The highest BCUT2D eigenvalue weighted by Crippen LogP contribution is 2.31. The minimum absolute atomic E-state index is 0.259. The quantitative estimate of drug-likeness (QED) is 0.906. The van der Waals surface area contributed by atoms with Gasteiger partial charge in [-0.25, -0.2) is 4.98 Å². The van der Waals surface area contributed by atoms with E-state index in [1.54, 1.807) is 32.3 Å². The second-order valence-electron chi connectivity index (χ2n) is 5.53. The summed E-state index contributed by atoms with van der Waals surface area (Å²) in [5.41, 5.74) is 0.349. The smallest absolute Gasteiger partial charge is 0.368 e. The number of nitrogens with zero attached hydrogens (tertiary/aromatic N) is 3. The van der Waals surface area contributed by atoms with Gasteiger partial charge in [-0.05, 0) is 43.9 Å². The van der Waals surface area contributed by atoms with Gasteiger partial charge >= 0.3 is 6.18 Å². The number of pyridine rings is 1. The molecular weight excluding hydrogens is 317 g/mol. The van der Waals surface area contributed by atoms with Gasteiger partial charge in [-0.3, -0.25) is 0 Å². The third-order valence-corrected chi connectivity index (χ3v) is 3.59. The van der Waals surface area contributed by atoms with Crippen LogP contribution in [0.2, 0.25) is 0 Å². The van der Waals surface area contributed by atoms with Gasteiger partial charge in [0.1, 0.15) is 11.9 Å². The van der Waals surface area contributed by atoms with Crippen molar-refractivity contribution in [2.45, 2.75) is 12.2 Å². The van der Waals surface area contributed by atoms with Crippen LogP contribution in [-0.4, -0.2) is 30.5 Å². The molecule has 0 saturated heterocycles. The molecule has 0 aliphatic carbocycles. The van der Waals surface area contributed by atoms with Crippen LogP contribution in [0.1, 0.15) is 22.7 Å². The van der Waals surface area contributed by atoms with E-state index in [1.165, 1.54) is 18.3 Å². The van der Waals surface area contributed by atoms with E-state index in [9.17, 15) is 13.2 Å². The van der Waals surface area contributed by atoms with Gasteiger partial charge < -0.3 is 10.2 Å². The van der Waals surface area contributed by atoms with E-state index in [-0.39, 0.29) is 6.04 Å². The second-order valence-corrected chi connectivity index (χ2v) is 5.53. The van der Waals surface area contributed by atoms with Gasteiger partial charge in [0.25, 0.3) is 0 Å². The minimum Gasteiger partial charge on any atom is -0.368 e. The summed E-state index contributed by atoms with van der Waals surface area (Å²) in [5, 5.41) is 11.8. The molecule has 24 heavy (non-hydrogen) atoms. The first kappa shape index (κ1) is 17.8. The molecule has 1 aromatic carbocycles. The van der Waals surface area contributed by atoms with Crippen LogP contribution in [-0.2, 0) is 6.18 Å². The van der Waals surface area contributed by atoms with Crippen molar-refractivity contribution < 1.29 is 13.2 Å². The molecule has 1 atom stereocenters. The van der Waals surface area contributed by atoms with Gasteiger partial charge in [0.05, 0.1) is 17.2 Å². The van der Waals surface area contributed by atoms with Gasteiger partial charge in [0.2, 0.25) is 0 Å². The zero-order chi connectivity index (χ0) is 17.7. The predicted octanol–water partition coefficient (Wildman–Crippen LogP) is 3.69. The van der Waals surface area contributed by atoms with E-state index in [2.05, 4.69) is 10.3 Å². The van der Waals surface area contributed by atoms with Gasteiger partial charge in [-0.2, -0.15) is 18.4 Å². The molecule has 0 aliphatic heterocycles. The topological polar surface area (TPSA) is 52.0 Å². The van der Waals surface area contributed by atoms with Gasteiger partial charge in [-0.1, -0.05) is 12.1 Å². The fourth-order valence-corrected chi connectivity index (χ4v) is 2.29. The molecule has 7 heteroatoms. The third kappa shape index (κ3) is 4.46. The molecule has 0 radical (unpaired) electrons. The van der Waals surface area contributed by atoms with Crippen LogP contribution in [0.25, 0.3) is 0 Å². The Morgan fingerprint density at radius 2 is 2.00 bits per heavy atom. The Labute approximate surface area is 138 Å². The molecule has 0 spiro atoms. The number of halogens is 3. The van der Waals surface area contributed by atoms with Crippen molar-refractivity contribution >= 4 is 5.82 Å².